The van der Waals surface area contributed by atoms with Crippen LogP contribution in [-0.4, -0.2) is 39.7 Å². The van der Waals surface area contributed by atoms with Crippen molar-refractivity contribution in [3.8, 4) is 28.4 Å². The van der Waals surface area contributed by atoms with E-state index < -0.39 is 5.91 Å². The van der Waals surface area contributed by atoms with Gasteiger partial charge >= 0.3 is 0 Å². The molecular formula is C24H21FN2O5. The Balaban J connectivity index is 1.75. The number of methoxy groups -OCH3 is 3. The standard InChI is InChI=1S/C24H21FN2O5/c1-30-20-11-16(12-21(31-2)23(20)32-3)24(29)27-13-22(28)26-18-10-15(7-8-19(18)27)14-5-4-6-17(25)9-14/h4-12H,13H2,1-3H3,(H,26,28). The summed E-state index contributed by atoms with van der Waals surface area (Å²) in [6.07, 6.45) is 0. The van der Waals surface area contributed by atoms with Crippen molar-refractivity contribution in [1.82, 2.24) is 0 Å². The molecule has 1 N–H and O–H groups in total. The minimum absolute atomic E-state index is 0.151. The van der Waals surface area contributed by atoms with E-state index in [0.717, 1.165) is 0 Å². The van der Waals surface area contributed by atoms with E-state index in [1.54, 1.807) is 30.3 Å². The fraction of sp³-hybridized carbons (Fsp3) is 0.167. The molecular weight excluding hydrogens is 415 g/mol. The van der Waals surface area contributed by atoms with Crippen LogP contribution in [0.5, 0.6) is 17.2 Å². The van der Waals surface area contributed by atoms with Crippen LogP contribution < -0.4 is 24.4 Å². The first-order valence-corrected chi connectivity index (χ1v) is 9.77. The molecule has 0 aromatic heterocycles. The number of ether oxygens (including phenoxy) is 3. The van der Waals surface area contributed by atoms with E-state index in [4.69, 9.17) is 14.2 Å². The van der Waals surface area contributed by atoms with E-state index in [0.29, 0.717) is 39.8 Å². The first-order chi connectivity index (χ1) is 15.4. The zero-order valence-corrected chi connectivity index (χ0v) is 17.8. The topological polar surface area (TPSA) is 77.1 Å². The number of nitrogens with zero attached hydrogens (tertiary/aromatic N) is 1. The third-order valence-corrected chi connectivity index (χ3v) is 5.18. The molecule has 4 rings (SSSR count). The first kappa shape index (κ1) is 21.2. The molecule has 0 saturated carbocycles. The maximum atomic E-state index is 13.6. The van der Waals surface area contributed by atoms with Gasteiger partial charge in [0, 0.05) is 5.56 Å². The highest BCUT2D eigenvalue weighted by molar-refractivity contribution is 6.15. The lowest BCUT2D eigenvalue weighted by Gasteiger charge is -2.30. The van der Waals surface area contributed by atoms with E-state index >= 15 is 0 Å². The lowest BCUT2D eigenvalue weighted by atomic mass is 10.0. The van der Waals surface area contributed by atoms with Gasteiger partial charge in [-0.05, 0) is 47.5 Å². The third kappa shape index (κ3) is 3.82. The molecule has 1 aliphatic rings. The van der Waals surface area contributed by atoms with Gasteiger partial charge in [0.1, 0.15) is 12.4 Å². The number of hydrogen-bond donors (Lipinski definition) is 1. The summed E-state index contributed by atoms with van der Waals surface area (Å²) in [5.41, 5.74) is 2.64. The van der Waals surface area contributed by atoms with Gasteiger partial charge in [0.25, 0.3) is 5.91 Å². The molecule has 0 fully saturated rings. The predicted molar refractivity (Wildman–Crippen MR) is 118 cm³/mol. The van der Waals surface area contributed by atoms with Crippen molar-refractivity contribution < 1.29 is 28.2 Å². The van der Waals surface area contributed by atoms with Crippen molar-refractivity contribution >= 4 is 23.2 Å². The Morgan fingerprint density at radius 2 is 1.62 bits per heavy atom. The molecule has 1 heterocycles. The molecule has 1 aliphatic heterocycles. The molecule has 7 nitrogen and oxygen atoms in total. The molecule has 0 radical (unpaired) electrons. The zero-order valence-electron chi connectivity index (χ0n) is 17.8. The van der Waals surface area contributed by atoms with E-state index in [2.05, 4.69) is 5.32 Å². The molecule has 0 atom stereocenters. The number of hydrogen-bond acceptors (Lipinski definition) is 5. The van der Waals surface area contributed by atoms with Crippen molar-refractivity contribution in [1.29, 1.82) is 0 Å². The summed E-state index contributed by atoms with van der Waals surface area (Å²) in [6.45, 7) is -0.151. The zero-order chi connectivity index (χ0) is 22.8. The lowest BCUT2D eigenvalue weighted by Crippen LogP contribution is -2.42. The Labute approximate surface area is 184 Å². The number of halogens is 1. The predicted octanol–water partition coefficient (Wildman–Crippen LogP) is 4.12. The molecule has 8 heteroatoms. The third-order valence-electron chi connectivity index (χ3n) is 5.18. The number of fused-ring (bicyclic) bond motifs is 1. The van der Waals surface area contributed by atoms with Gasteiger partial charge < -0.3 is 19.5 Å². The fourth-order valence-corrected chi connectivity index (χ4v) is 3.68. The number of carbonyl (C=O) groups excluding carboxylic acids is 2. The number of nitrogens with one attached hydrogen (secondary N) is 1. The second kappa shape index (κ2) is 8.58. The van der Waals surface area contributed by atoms with Crippen LogP contribution in [0.15, 0.2) is 54.6 Å². The van der Waals surface area contributed by atoms with Crippen LogP contribution in [0.3, 0.4) is 0 Å². The maximum absolute atomic E-state index is 13.6. The molecule has 2 amide bonds. The Bertz CT molecular complexity index is 1190. The smallest absolute Gasteiger partial charge is 0.259 e. The number of benzene rings is 3. The van der Waals surface area contributed by atoms with Crippen LogP contribution in [-0.2, 0) is 4.79 Å². The second-order valence-electron chi connectivity index (χ2n) is 7.10. The Hall–Kier alpha value is -4.07. The molecule has 0 bridgehead atoms. The number of anilines is 2. The highest BCUT2D eigenvalue weighted by atomic mass is 19.1. The Kier molecular flexibility index (Phi) is 5.68. The molecule has 32 heavy (non-hydrogen) atoms. The summed E-state index contributed by atoms with van der Waals surface area (Å²) in [4.78, 5) is 27.2. The molecule has 164 valence electrons. The molecule has 0 spiro atoms. The Morgan fingerprint density at radius 3 is 2.25 bits per heavy atom. The van der Waals surface area contributed by atoms with Crippen molar-refractivity contribution in [3.05, 3.63) is 66.0 Å². The van der Waals surface area contributed by atoms with Gasteiger partial charge in [-0.1, -0.05) is 18.2 Å². The van der Waals surface area contributed by atoms with Crippen molar-refractivity contribution in [3.63, 3.8) is 0 Å². The number of carbonyl (C=O) groups is 2. The van der Waals surface area contributed by atoms with Crippen molar-refractivity contribution in [2.24, 2.45) is 0 Å². The summed E-state index contributed by atoms with van der Waals surface area (Å²) >= 11 is 0. The van der Waals surface area contributed by atoms with Gasteiger partial charge in [-0.15, -0.1) is 0 Å². The summed E-state index contributed by atoms with van der Waals surface area (Å²) in [6, 6.07) is 14.5. The van der Waals surface area contributed by atoms with E-state index in [1.807, 2.05) is 0 Å². The minimum Gasteiger partial charge on any atom is -0.493 e. The summed E-state index contributed by atoms with van der Waals surface area (Å²) < 4.78 is 29.6. The van der Waals surface area contributed by atoms with Gasteiger partial charge in [0.05, 0.1) is 32.7 Å². The summed E-state index contributed by atoms with van der Waals surface area (Å²) in [5.74, 6) is -0.0725. The summed E-state index contributed by atoms with van der Waals surface area (Å²) in [7, 11) is 4.40. The number of rotatable bonds is 5. The van der Waals surface area contributed by atoms with Crippen molar-refractivity contribution in [2.45, 2.75) is 0 Å². The highest BCUT2D eigenvalue weighted by Crippen LogP contribution is 2.40. The van der Waals surface area contributed by atoms with Gasteiger partial charge in [-0.3, -0.25) is 14.5 Å². The van der Waals surface area contributed by atoms with Gasteiger partial charge in [0.15, 0.2) is 11.5 Å². The fourth-order valence-electron chi connectivity index (χ4n) is 3.68. The summed E-state index contributed by atoms with van der Waals surface area (Å²) in [5, 5.41) is 2.79. The van der Waals surface area contributed by atoms with Gasteiger partial charge in [-0.25, -0.2) is 4.39 Å². The average molecular weight is 436 g/mol. The lowest BCUT2D eigenvalue weighted by molar-refractivity contribution is -0.115. The molecule has 3 aromatic rings. The van der Waals surface area contributed by atoms with Crippen molar-refractivity contribution in [2.75, 3.05) is 38.1 Å². The van der Waals surface area contributed by atoms with Crippen LogP contribution in [0.1, 0.15) is 10.4 Å². The normalized spacial score (nSPS) is 12.6. The van der Waals surface area contributed by atoms with Crippen LogP contribution in [0, 0.1) is 5.82 Å². The quantitative estimate of drug-likeness (QED) is 0.651. The monoisotopic (exact) mass is 436 g/mol. The largest absolute Gasteiger partial charge is 0.493 e. The second-order valence-corrected chi connectivity index (χ2v) is 7.10. The van der Waals surface area contributed by atoms with Gasteiger partial charge in [-0.2, -0.15) is 0 Å². The molecule has 0 aliphatic carbocycles. The molecule has 3 aromatic carbocycles. The van der Waals surface area contributed by atoms with Crippen LogP contribution in [0.2, 0.25) is 0 Å². The van der Waals surface area contributed by atoms with E-state index in [-0.39, 0.29) is 23.8 Å². The van der Waals surface area contributed by atoms with Crippen LogP contribution in [0.4, 0.5) is 15.8 Å². The molecule has 0 unspecified atom stereocenters. The first-order valence-electron chi connectivity index (χ1n) is 9.77. The number of amides is 2. The van der Waals surface area contributed by atoms with Crippen LogP contribution in [0.25, 0.3) is 11.1 Å². The average Bonchev–Trinajstić information content (AvgIpc) is 2.81. The Morgan fingerprint density at radius 1 is 0.938 bits per heavy atom. The van der Waals surface area contributed by atoms with Gasteiger partial charge in [0.2, 0.25) is 11.7 Å². The highest BCUT2D eigenvalue weighted by Gasteiger charge is 2.29. The molecule has 0 saturated heterocycles. The van der Waals surface area contributed by atoms with Crippen LogP contribution >= 0.6 is 0 Å². The van der Waals surface area contributed by atoms with E-state index in [9.17, 15) is 14.0 Å². The van der Waals surface area contributed by atoms with E-state index in [1.165, 1.54) is 50.5 Å². The maximum Gasteiger partial charge on any atom is 0.259 e. The SMILES string of the molecule is COc1cc(C(=O)N2CC(=O)Nc3cc(-c4cccc(F)c4)ccc32)cc(OC)c1OC. The minimum atomic E-state index is -0.404.